The zero-order valence-corrected chi connectivity index (χ0v) is 11.7. The molecule has 1 aromatic carbocycles. The van der Waals surface area contributed by atoms with Crippen LogP contribution in [0.25, 0.3) is 0 Å². The van der Waals surface area contributed by atoms with Crippen molar-refractivity contribution in [2.24, 2.45) is 0 Å². The van der Waals surface area contributed by atoms with Crippen molar-refractivity contribution in [2.75, 3.05) is 11.9 Å². The summed E-state index contributed by atoms with van der Waals surface area (Å²) in [6, 6.07) is 8.57. The lowest BCUT2D eigenvalue weighted by molar-refractivity contribution is -0.117. The van der Waals surface area contributed by atoms with Gasteiger partial charge in [0.1, 0.15) is 0 Å². The molecule has 4 nitrogen and oxygen atoms in total. The van der Waals surface area contributed by atoms with Gasteiger partial charge in [0.25, 0.3) is 0 Å². The third kappa shape index (κ3) is 2.00. The maximum absolute atomic E-state index is 12.2. The van der Waals surface area contributed by atoms with E-state index in [9.17, 15) is 9.59 Å². The van der Waals surface area contributed by atoms with Crippen LogP contribution >= 0.6 is 15.9 Å². The van der Waals surface area contributed by atoms with E-state index in [0.717, 1.165) is 11.3 Å². The summed E-state index contributed by atoms with van der Waals surface area (Å²) in [4.78, 5) is 25.4. The summed E-state index contributed by atoms with van der Waals surface area (Å²) in [6.45, 7) is 0. The van der Waals surface area contributed by atoms with Gasteiger partial charge in [-0.3, -0.25) is 9.59 Å². The van der Waals surface area contributed by atoms with E-state index in [4.69, 9.17) is 4.42 Å². The van der Waals surface area contributed by atoms with E-state index >= 15 is 0 Å². The Kier molecular flexibility index (Phi) is 2.78. The molecular weight excluding hydrogens is 310 g/mol. The molecule has 0 bridgehead atoms. The molecule has 0 saturated carbocycles. The molecule has 0 aliphatic carbocycles. The van der Waals surface area contributed by atoms with E-state index in [0.29, 0.717) is 16.7 Å². The average molecular weight is 320 g/mol. The number of likely N-dealkylation sites (N-methyl/N-ethyl adjacent to an activating group) is 1. The Labute approximate surface area is 118 Å². The summed E-state index contributed by atoms with van der Waals surface area (Å²) >= 11 is 3.17. The number of rotatable bonds is 2. The number of ketones is 1. The van der Waals surface area contributed by atoms with Crippen LogP contribution in [-0.4, -0.2) is 18.7 Å². The number of carbonyl (C=O) groups is 2. The lowest BCUT2D eigenvalue weighted by Crippen LogP contribution is -2.20. The first-order valence-corrected chi connectivity index (χ1v) is 6.55. The highest BCUT2D eigenvalue weighted by Gasteiger charge is 2.25. The van der Waals surface area contributed by atoms with Crippen LogP contribution in [0.5, 0.6) is 0 Å². The minimum Gasteiger partial charge on any atom is -0.446 e. The minimum atomic E-state index is -0.185. The first-order valence-electron chi connectivity index (χ1n) is 5.76. The van der Waals surface area contributed by atoms with Gasteiger partial charge in [0.05, 0.1) is 6.42 Å². The molecule has 0 saturated heterocycles. The van der Waals surface area contributed by atoms with Crippen LogP contribution in [0.1, 0.15) is 21.7 Å². The lowest BCUT2D eigenvalue weighted by Gasteiger charge is -2.09. The van der Waals surface area contributed by atoms with Crippen LogP contribution in [0.4, 0.5) is 5.69 Å². The fourth-order valence-electron chi connectivity index (χ4n) is 2.19. The van der Waals surface area contributed by atoms with E-state index in [1.54, 1.807) is 42.3 Å². The smallest absolute Gasteiger partial charge is 0.231 e. The highest BCUT2D eigenvalue weighted by Crippen LogP contribution is 2.29. The van der Waals surface area contributed by atoms with E-state index < -0.39 is 0 Å². The molecule has 1 aliphatic heterocycles. The van der Waals surface area contributed by atoms with Crippen molar-refractivity contribution in [1.82, 2.24) is 0 Å². The fourth-order valence-corrected chi connectivity index (χ4v) is 2.50. The summed E-state index contributed by atoms with van der Waals surface area (Å²) in [5, 5.41) is 0. The van der Waals surface area contributed by atoms with Gasteiger partial charge in [-0.05, 0) is 51.8 Å². The van der Waals surface area contributed by atoms with Crippen molar-refractivity contribution < 1.29 is 14.0 Å². The first kappa shape index (κ1) is 12.2. The number of anilines is 1. The molecule has 3 rings (SSSR count). The molecule has 5 heteroatoms. The summed E-state index contributed by atoms with van der Waals surface area (Å²) in [6.07, 6.45) is 0.342. The number of nitrogens with zero attached hydrogens (tertiary/aromatic N) is 1. The largest absolute Gasteiger partial charge is 0.446 e. The van der Waals surface area contributed by atoms with Gasteiger partial charge < -0.3 is 9.32 Å². The van der Waals surface area contributed by atoms with Gasteiger partial charge in [0.15, 0.2) is 10.4 Å². The van der Waals surface area contributed by atoms with Crippen molar-refractivity contribution >= 4 is 33.3 Å². The molecular formula is C14H10BrNO3. The molecule has 0 N–H and O–H groups in total. The summed E-state index contributed by atoms with van der Waals surface area (Å²) in [5.74, 6) is 0.139. The van der Waals surface area contributed by atoms with Gasteiger partial charge in [-0.2, -0.15) is 0 Å². The number of carbonyl (C=O) groups excluding carboxylic acids is 2. The van der Waals surface area contributed by atoms with Gasteiger partial charge in [0, 0.05) is 18.3 Å². The van der Waals surface area contributed by atoms with Gasteiger partial charge in [0.2, 0.25) is 11.7 Å². The van der Waals surface area contributed by atoms with Crippen molar-refractivity contribution in [3.05, 3.63) is 51.9 Å². The van der Waals surface area contributed by atoms with Crippen LogP contribution in [0.15, 0.2) is 39.4 Å². The quantitative estimate of drug-likeness (QED) is 0.800. The Bertz CT molecular complexity index is 690. The van der Waals surface area contributed by atoms with Crippen LogP contribution in [0.3, 0.4) is 0 Å². The molecule has 1 aliphatic rings. The van der Waals surface area contributed by atoms with Gasteiger partial charge >= 0.3 is 0 Å². The number of fused-ring (bicyclic) bond motifs is 1. The highest BCUT2D eigenvalue weighted by atomic mass is 79.9. The zero-order chi connectivity index (χ0) is 13.6. The highest BCUT2D eigenvalue weighted by molar-refractivity contribution is 9.10. The third-order valence-electron chi connectivity index (χ3n) is 3.22. The monoisotopic (exact) mass is 319 g/mol. The molecule has 2 aromatic rings. The topological polar surface area (TPSA) is 50.5 Å². The number of hydrogen-bond donors (Lipinski definition) is 0. The second kappa shape index (κ2) is 4.35. The number of hydrogen-bond acceptors (Lipinski definition) is 3. The summed E-state index contributed by atoms with van der Waals surface area (Å²) < 4.78 is 5.77. The summed E-state index contributed by atoms with van der Waals surface area (Å²) in [5.41, 5.74) is 2.27. The zero-order valence-electron chi connectivity index (χ0n) is 10.1. The number of furan rings is 1. The Balaban J connectivity index is 1.98. The number of benzene rings is 1. The second-order valence-electron chi connectivity index (χ2n) is 4.41. The lowest BCUT2D eigenvalue weighted by atomic mass is 10.0. The van der Waals surface area contributed by atoms with Crippen LogP contribution in [0, 0.1) is 0 Å². The molecule has 0 radical (unpaired) electrons. The molecule has 0 spiro atoms. The van der Waals surface area contributed by atoms with Crippen molar-refractivity contribution in [3.8, 4) is 0 Å². The Hall–Kier alpha value is -1.88. The molecule has 0 fully saturated rings. The fraction of sp³-hybridized carbons (Fsp3) is 0.143. The molecule has 0 unspecified atom stereocenters. The van der Waals surface area contributed by atoms with Crippen LogP contribution < -0.4 is 4.90 Å². The number of halogens is 1. The minimum absolute atomic E-state index is 0.0420. The van der Waals surface area contributed by atoms with Gasteiger partial charge in [-0.25, -0.2) is 0 Å². The maximum Gasteiger partial charge on any atom is 0.231 e. The van der Waals surface area contributed by atoms with Crippen molar-refractivity contribution in [1.29, 1.82) is 0 Å². The molecule has 1 aromatic heterocycles. The van der Waals surface area contributed by atoms with E-state index in [1.807, 2.05) is 0 Å². The maximum atomic E-state index is 12.2. The van der Waals surface area contributed by atoms with Gasteiger partial charge in [-0.15, -0.1) is 0 Å². The van der Waals surface area contributed by atoms with Crippen LogP contribution in [-0.2, 0) is 11.2 Å². The predicted molar refractivity (Wildman–Crippen MR) is 73.4 cm³/mol. The van der Waals surface area contributed by atoms with Gasteiger partial charge in [-0.1, -0.05) is 0 Å². The summed E-state index contributed by atoms with van der Waals surface area (Å²) in [7, 11) is 1.74. The van der Waals surface area contributed by atoms with Crippen molar-refractivity contribution in [3.63, 3.8) is 0 Å². The molecule has 96 valence electrons. The normalized spacial score (nSPS) is 13.8. The molecule has 19 heavy (non-hydrogen) atoms. The number of amides is 1. The van der Waals surface area contributed by atoms with E-state index in [1.165, 1.54) is 0 Å². The van der Waals surface area contributed by atoms with E-state index in [2.05, 4.69) is 15.9 Å². The molecule has 1 amide bonds. The predicted octanol–water partition coefficient (Wildman–Crippen LogP) is 2.79. The molecule has 0 atom stereocenters. The Morgan fingerprint density at radius 3 is 2.79 bits per heavy atom. The molecule has 2 heterocycles. The standard InChI is InChI=1S/C14H10BrNO3/c1-16-10-3-2-8(6-9(10)7-13(16)17)14(18)11-4-5-12(15)19-11/h2-6H,7H2,1H3. The third-order valence-corrected chi connectivity index (χ3v) is 3.64. The van der Waals surface area contributed by atoms with Crippen molar-refractivity contribution in [2.45, 2.75) is 6.42 Å². The Morgan fingerprint density at radius 2 is 2.11 bits per heavy atom. The Morgan fingerprint density at radius 1 is 1.32 bits per heavy atom. The van der Waals surface area contributed by atoms with Crippen LogP contribution in [0.2, 0.25) is 0 Å². The second-order valence-corrected chi connectivity index (χ2v) is 5.19. The SMILES string of the molecule is CN1C(=O)Cc2cc(C(=O)c3ccc(Br)o3)ccc21. The first-order chi connectivity index (χ1) is 9.06. The average Bonchev–Trinajstić information content (AvgIpc) is 2.94. The van der Waals surface area contributed by atoms with E-state index in [-0.39, 0.29) is 17.5 Å².